The molecule has 2 rings (SSSR count). The molecule has 9 heteroatoms. The summed E-state index contributed by atoms with van der Waals surface area (Å²) < 4.78 is 79.1. The number of sulfonamides is 1. The van der Waals surface area contributed by atoms with E-state index in [2.05, 4.69) is 9.46 Å². The summed E-state index contributed by atoms with van der Waals surface area (Å²) in [6.07, 6.45) is -4.83. The quantitative estimate of drug-likeness (QED) is 0.844. The van der Waals surface area contributed by atoms with Gasteiger partial charge in [-0.25, -0.2) is 17.5 Å². The summed E-state index contributed by atoms with van der Waals surface area (Å²) in [4.78, 5) is -0.151. The first-order valence-electron chi connectivity index (χ1n) is 6.26. The van der Waals surface area contributed by atoms with Crippen LogP contribution in [0, 0.1) is 5.82 Å². The highest BCUT2D eigenvalue weighted by molar-refractivity contribution is 7.89. The third-order valence-corrected chi connectivity index (χ3v) is 4.14. The molecule has 4 nitrogen and oxygen atoms in total. The third kappa shape index (κ3) is 5.22. The van der Waals surface area contributed by atoms with E-state index in [4.69, 9.17) is 0 Å². The summed E-state index contributed by atoms with van der Waals surface area (Å²) in [6, 6.07) is 9.07. The van der Waals surface area contributed by atoms with Crippen molar-refractivity contribution in [3.63, 3.8) is 0 Å². The van der Waals surface area contributed by atoms with E-state index < -0.39 is 28.0 Å². The zero-order chi connectivity index (χ0) is 17.1. The van der Waals surface area contributed by atoms with Gasteiger partial charge in [0.1, 0.15) is 11.6 Å². The third-order valence-electron chi connectivity index (χ3n) is 2.72. The van der Waals surface area contributed by atoms with Crippen LogP contribution in [0.5, 0.6) is 5.75 Å². The van der Waals surface area contributed by atoms with Gasteiger partial charge in [-0.2, -0.15) is 0 Å². The highest BCUT2D eigenvalue weighted by Gasteiger charge is 2.31. The summed E-state index contributed by atoms with van der Waals surface area (Å²) in [7, 11) is -3.90. The number of nitrogens with one attached hydrogen (secondary N) is 1. The first-order chi connectivity index (χ1) is 10.7. The maximum Gasteiger partial charge on any atom is 0.573 e. The van der Waals surface area contributed by atoms with Crippen LogP contribution in [0.2, 0.25) is 0 Å². The lowest BCUT2D eigenvalue weighted by molar-refractivity contribution is -0.274. The van der Waals surface area contributed by atoms with E-state index in [9.17, 15) is 26.0 Å². The minimum absolute atomic E-state index is 0.151. The molecule has 0 bridgehead atoms. The van der Waals surface area contributed by atoms with Crippen LogP contribution in [-0.2, 0) is 16.6 Å². The van der Waals surface area contributed by atoms with Crippen LogP contribution < -0.4 is 9.46 Å². The van der Waals surface area contributed by atoms with Crippen molar-refractivity contribution in [3.05, 3.63) is 59.9 Å². The molecule has 0 amide bonds. The largest absolute Gasteiger partial charge is 0.573 e. The first kappa shape index (κ1) is 17.2. The smallest absolute Gasteiger partial charge is 0.406 e. The zero-order valence-corrected chi connectivity index (χ0v) is 12.3. The number of halogens is 4. The second kappa shape index (κ2) is 6.55. The topological polar surface area (TPSA) is 55.4 Å². The Hall–Kier alpha value is -2.13. The Kier molecular flexibility index (Phi) is 4.90. The predicted octanol–water partition coefficient (Wildman–Crippen LogP) is 3.20. The Labute approximate surface area is 129 Å². The van der Waals surface area contributed by atoms with Crippen molar-refractivity contribution in [2.75, 3.05) is 0 Å². The van der Waals surface area contributed by atoms with Crippen LogP contribution in [0.25, 0.3) is 0 Å². The molecule has 124 valence electrons. The van der Waals surface area contributed by atoms with Crippen molar-refractivity contribution >= 4 is 10.0 Å². The fourth-order valence-electron chi connectivity index (χ4n) is 1.73. The lowest BCUT2D eigenvalue weighted by Crippen LogP contribution is -2.23. The predicted molar refractivity (Wildman–Crippen MR) is 73.6 cm³/mol. The molecule has 0 saturated heterocycles. The molecule has 0 unspecified atom stereocenters. The number of hydrogen-bond donors (Lipinski definition) is 1. The van der Waals surface area contributed by atoms with Gasteiger partial charge in [-0.3, -0.25) is 0 Å². The van der Waals surface area contributed by atoms with E-state index in [1.807, 2.05) is 0 Å². The van der Waals surface area contributed by atoms with Crippen molar-refractivity contribution in [1.29, 1.82) is 0 Å². The number of ether oxygens (including phenoxy) is 1. The molecule has 0 aromatic heterocycles. The summed E-state index contributed by atoms with van der Waals surface area (Å²) in [5.74, 6) is -1.03. The molecule has 0 aliphatic heterocycles. The van der Waals surface area contributed by atoms with Gasteiger partial charge in [-0.15, -0.1) is 13.2 Å². The van der Waals surface area contributed by atoms with Crippen LogP contribution in [0.1, 0.15) is 5.56 Å². The summed E-state index contributed by atoms with van der Waals surface area (Å²) in [5.41, 5.74) is 0.275. The fourth-order valence-corrected chi connectivity index (χ4v) is 2.75. The minimum Gasteiger partial charge on any atom is -0.406 e. The van der Waals surface area contributed by atoms with E-state index in [1.165, 1.54) is 12.1 Å². The van der Waals surface area contributed by atoms with Crippen LogP contribution in [0.3, 0.4) is 0 Å². The highest BCUT2D eigenvalue weighted by atomic mass is 32.2. The Bertz CT molecular complexity index is 773. The first-order valence-corrected chi connectivity index (χ1v) is 7.74. The maximum absolute atomic E-state index is 12.8. The molecule has 2 aromatic carbocycles. The Morgan fingerprint density at radius 2 is 1.70 bits per heavy atom. The molecule has 0 spiro atoms. The van der Waals surface area contributed by atoms with Gasteiger partial charge >= 0.3 is 6.36 Å². The van der Waals surface area contributed by atoms with Crippen molar-refractivity contribution in [1.82, 2.24) is 4.72 Å². The van der Waals surface area contributed by atoms with Crippen molar-refractivity contribution in [2.24, 2.45) is 0 Å². The van der Waals surface area contributed by atoms with Crippen molar-refractivity contribution in [2.45, 2.75) is 17.8 Å². The molecular weight excluding hydrogens is 338 g/mol. The van der Waals surface area contributed by atoms with Crippen LogP contribution in [-0.4, -0.2) is 14.8 Å². The van der Waals surface area contributed by atoms with E-state index in [0.717, 1.165) is 36.4 Å². The monoisotopic (exact) mass is 349 g/mol. The van der Waals surface area contributed by atoms with Crippen LogP contribution >= 0.6 is 0 Å². The molecule has 0 aliphatic carbocycles. The molecule has 0 saturated carbocycles. The Morgan fingerprint density at radius 1 is 1.04 bits per heavy atom. The van der Waals surface area contributed by atoms with Crippen molar-refractivity contribution in [3.8, 4) is 5.75 Å². The molecule has 2 aromatic rings. The number of rotatable bonds is 5. The standard InChI is InChI=1S/C14H11F4NO3S/c15-11-4-6-13(7-5-11)23(20,21)19-9-10-2-1-3-12(8-10)22-14(16,17)18/h1-8,19H,9H2. The van der Waals surface area contributed by atoms with Gasteiger partial charge in [0.2, 0.25) is 10.0 Å². The van der Waals surface area contributed by atoms with E-state index in [-0.39, 0.29) is 17.0 Å². The molecule has 0 atom stereocenters. The molecule has 0 heterocycles. The minimum atomic E-state index is -4.83. The van der Waals surface area contributed by atoms with Gasteiger partial charge in [0.25, 0.3) is 0 Å². The molecule has 0 radical (unpaired) electrons. The van der Waals surface area contributed by atoms with Gasteiger partial charge in [-0.05, 0) is 42.0 Å². The van der Waals surface area contributed by atoms with Gasteiger partial charge in [0.05, 0.1) is 4.90 Å². The molecule has 1 N–H and O–H groups in total. The SMILES string of the molecule is O=S(=O)(NCc1cccc(OC(F)(F)F)c1)c1ccc(F)cc1. The molecular formula is C14H11F4NO3S. The second-order valence-corrected chi connectivity index (χ2v) is 6.24. The van der Waals surface area contributed by atoms with Gasteiger partial charge in [0, 0.05) is 6.54 Å². The second-order valence-electron chi connectivity index (χ2n) is 4.47. The number of alkyl halides is 3. The Balaban J connectivity index is 2.08. The van der Waals surface area contributed by atoms with Gasteiger partial charge < -0.3 is 4.74 Å². The van der Waals surface area contributed by atoms with E-state index >= 15 is 0 Å². The van der Waals surface area contributed by atoms with Gasteiger partial charge in [0.15, 0.2) is 0 Å². The lowest BCUT2D eigenvalue weighted by atomic mass is 10.2. The van der Waals surface area contributed by atoms with Gasteiger partial charge in [-0.1, -0.05) is 12.1 Å². The lowest BCUT2D eigenvalue weighted by Gasteiger charge is -2.11. The van der Waals surface area contributed by atoms with E-state index in [1.54, 1.807) is 0 Å². The molecule has 0 aliphatic rings. The summed E-state index contributed by atoms with van der Waals surface area (Å²) in [5, 5.41) is 0. The summed E-state index contributed by atoms with van der Waals surface area (Å²) >= 11 is 0. The normalized spacial score (nSPS) is 12.2. The highest BCUT2D eigenvalue weighted by Crippen LogP contribution is 2.23. The fraction of sp³-hybridized carbons (Fsp3) is 0.143. The average molecular weight is 349 g/mol. The number of benzene rings is 2. The van der Waals surface area contributed by atoms with Crippen LogP contribution in [0.4, 0.5) is 17.6 Å². The average Bonchev–Trinajstić information content (AvgIpc) is 2.44. The van der Waals surface area contributed by atoms with Crippen LogP contribution in [0.15, 0.2) is 53.4 Å². The Morgan fingerprint density at radius 3 is 2.30 bits per heavy atom. The molecule has 23 heavy (non-hydrogen) atoms. The zero-order valence-electron chi connectivity index (χ0n) is 11.5. The maximum atomic E-state index is 12.8. The van der Waals surface area contributed by atoms with E-state index in [0.29, 0.717) is 0 Å². The molecule has 0 fully saturated rings. The van der Waals surface area contributed by atoms with Crippen molar-refractivity contribution < 1.29 is 30.7 Å². The number of hydrogen-bond acceptors (Lipinski definition) is 3. The summed E-state index contributed by atoms with van der Waals surface area (Å²) in [6.45, 7) is -0.241.